The van der Waals surface area contributed by atoms with Gasteiger partial charge in [0.05, 0.1) is 11.1 Å². The first-order valence-corrected chi connectivity index (χ1v) is 13.7. The summed E-state index contributed by atoms with van der Waals surface area (Å²) in [4.78, 5) is -0.184. The SMILES string of the molecule is C=CCCC/C=C/C[P+](c1ccccc1)(c1ccccc1)c1cccc(S(=O)(=O)[O-])c1.[Li+]. The monoisotopic (exact) mass is 457 g/mol. The van der Waals surface area contributed by atoms with Gasteiger partial charge < -0.3 is 4.55 Å². The molecule has 0 N–H and O–H groups in total. The molecular weight excluding hydrogens is 430 g/mol. The van der Waals surface area contributed by atoms with Crippen LogP contribution in [0, 0.1) is 0 Å². The van der Waals surface area contributed by atoms with Crippen LogP contribution in [0.1, 0.15) is 19.3 Å². The van der Waals surface area contributed by atoms with Gasteiger partial charge in [-0.25, -0.2) is 8.42 Å². The van der Waals surface area contributed by atoms with Crippen molar-refractivity contribution in [3.05, 3.63) is 110 Å². The number of hydrogen-bond acceptors (Lipinski definition) is 3. The Bertz CT molecular complexity index is 1090. The summed E-state index contributed by atoms with van der Waals surface area (Å²) in [5.41, 5.74) is 0. The Morgan fingerprint density at radius 1 is 0.781 bits per heavy atom. The van der Waals surface area contributed by atoms with Gasteiger partial charge in [0.15, 0.2) is 0 Å². The molecule has 0 aromatic heterocycles. The summed E-state index contributed by atoms with van der Waals surface area (Å²) in [6.45, 7) is 3.77. The van der Waals surface area contributed by atoms with Gasteiger partial charge in [-0.1, -0.05) is 60.7 Å². The molecule has 0 radical (unpaired) electrons. The zero-order valence-electron chi connectivity index (χ0n) is 18.4. The Morgan fingerprint density at radius 2 is 1.34 bits per heavy atom. The molecule has 0 saturated carbocycles. The van der Waals surface area contributed by atoms with Gasteiger partial charge in [-0.15, -0.1) is 6.58 Å². The Morgan fingerprint density at radius 3 is 1.88 bits per heavy atom. The molecule has 3 nitrogen and oxygen atoms in total. The van der Waals surface area contributed by atoms with Gasteiger partial charge in [0.25, 0.3) is 0 Å². The van der Waals surface area contributed by atoms with E-state index in [4.69, 9.17) is 0 Å². The van der Waals surface area contributed by atoms with Crippen molar-refractivity contribution in [3.63, 3.8) is 0 Å². The van der Waals surface area contributed by atoms with Crippen LogP contribution in [-0.2, 0) is 10.1 Å². The Kier molecular flexibility index (Phi) is 10.2. The molecule has 6 heteroatoms. The fourth-order valence-corrected chi connectivity index (χ4v) is 8.39. The molecule has 0 bridgehead atoms. The minimum atomic E-state index is -4.55. The maximum absolute atomic E-state index is 11.8. The van der Waals surface area contributed by atoms with Gasteiger partial charge in [-0.3, -0.25) is 0 Å². The van der Waals surface area contributed by atoms with Gasteiger partial charge in [-0.2, -0.15) is 0 Å². The molecule has 0 spiro atoms. The average molecular weight is 457 g/mol. The van der Waals surface area contributed by atoms with E-state index in [9.17, 15) is 13.0 Å². The molecular formula is C26H27LiO3PS+. The predicted molar refractivity (Wildman–Crippen MR) is 131 cm³/mol. The first-order chi connectivity index (χ1) is 15.0. The van der Waals surface area contributed by atoms with Crippen molar-refractivity contribution in [2.75, 3.05) is 6.16 Å². The van der Waals surface area contributed by atoms with Crippen LogP contribution in [0.5, 0.6) is 0 Å². The van der Waals surface area contributed by atoms with E-state index in [-0.39, 0.29) is 23.8 Å². The van der Waals surface area contributed by atoms with Crippen molar-refractivity contribution in [1.82, 2.24) is 0 Å². The Balaban J connectivity index is 0.00000363. The summed E-state index contributed by atoms with van der Waals surface area (Å²) < 4.78 is 35.3. The third kappa shape index (κ3) is 6.32. The van der Waals surface area contributed by atoms with Crippen LogP contribution in [0.2, 0.25) is 0 Å². The second-order valence-corrected chi connectivity index (χ2v) is 12.2. The molecule has 3 aromatic carbocycles. The summed E-state index contributed by atoms with van der Waals surface area (Å²) in [5, 5.41) is 3.19. The normalized spacial score (nSPS) is 11.8. The third-order valence-corrected chi connectivity index (χ3v) is 10.4. The number of benzene rings is 3. The van der Waals surface area contributed by atoms with Crippen LogP contribution < -0.4 is 34.8 Å². The van der Waals surface area contributed by atoms with Crippen LogP contribution in [-0.4, -0.2) is 19.1 Å². The number of unbranched alkanes of at least 4 members (excludes halogenated alkanes) is 2. The molecule has 0 aliphatic rings. The fourth-order valence-electron chi connectivity index (χ4n) is 3.74. The molecule has 0 fully saturated rings. The van der Waals surface area contributed by atoms with Crippen LogP contribution in [0.3, 0.4) is 0 Å². The summed E-state index contributed by atoms with van der Waals surface area (Å²) in [5.74, 6) is 0. The predicted octanol–water partition coefficient (Wildman–Crippen LogP) is 1.80. The van der Waals surface area contributed by atoms with E-state index >= 15 is 0 Å². The van der Waals surface area contributed by atoms with E-state index in [1.165, 1.54) is 6.07 Å². The zero-order chi connectivity index (χ0) is 22.2. The second kappa shape index (κ2) is 12.4. The summed E-state index contributed by atoms with van der Waals surface area (Å²) >= 11 is 0. The van der Waals surface area contributed by atoms with Crippen LogP contribution in [0.4, 0.5) is 0 Å². The summed E-state index contributed by atoms with van der Waals surface area (Å²) in [6, 6.07) is 27.0. The Hall–Kier alpha value is -1.92. The molecule has 160 valence electrons. The molecule has 3 rings (SSSR count). The van der Waals surface area contributed by atoms with Crippen molar-refractivity contribution >= 4 is 33.3 Å². The van der Waals surface area contributed by atoms with E-state index in [1.54, 1.807) is 12.1 Å². The molecule has 0 aliphatic heterocycles. The molecule has 32 heavy (non-hydrogen) atoms. The van der Waals surface area contributed by atoms with Gasteiger partial charge in [0, 0.05) is 0 Å². The van der Waals surface area contributed by atoms with E-state index in [2.05, 4.69) is 43.0 Å². The smallest absolute Gasteiger partial charge is 0.744 e. The number of hydrogen-bond donors (Lipinski definition) is 0. The summed E-state index contributed by atoms with van der Waals surface area (Å²) in [7, 11) is -6.76. The Labute approximate surface area is 204 Å². The molecule has 0 saturated heterocycles. The molecule has 0 heterocycles. The van der Waals surface area contributed by atoms with Crippen LogP contribution in [0.15, 0.2) is 115 Å². The second-order valence-electron chi connectivity index (χ2n) is 7.31. The number of allylic oxidation sites excluding steroid dienone is 3. The molecule has 3 aromatic rings. The van der Waals surface area contributed by atoms with Crippen molar-refractivity contribution in [1.29, 1.82) is 0 Å². The van der Waals surface area contributed by atoms with Crippen molar-refractivity contribution < 1.29 is 31.8 Å². The molecule has 0 amide bonds. The van der Waals surface area contributed by atoms with Gasteiger partial charge in [-0.05, 0) is 61.7 Å². The molecule has 0 aliphatic carbocycles. The van der Waals surface area contributed by atoms with Gasteiger partial charge in [0.1, 0.15) is 33.3 Å². The minimum absolute atomic E-state index is 0. The largest absolute Gasteiger partial charge is 1.00 e. The first kappa shape index (κ1) is 26.3. The van der Waals surface area contributed by atoms with Crippen molar-refractivity contribution in [3.8, 4) is 0 Å². The quantitative estimate of drug-likeness (QED) is 0.153. The maximum Gasteiger partial charge on any atom is 1.00 e. The summed E-state index contributed by atoms with van der Waals surface area (Å²) in [6.07, 6.45) is 10.1. The van der Waals surface area contributed by atoms with Crippen LogP contribution >= 0.6 is 7.26 Å². The molecule has 0 atom stereocenters. The standard InChI is InChI=1S/C26H27O3PS.Li/c1-2-3-4-5-6-13-21-30(23-15-9-7-10-16-23,24-17-11-8-12-18-24)25-19-14-20-26(22-25)31(27,28)29;/h2,6-20,22H,1,3-5,21H2;/q;+1/b13-6+;. The van der Waals surface area contributed by atoms with Crippen molar-refractivity contribution in [2.24, 2.45) is 0 Å². The van der Waals surface area contributed by atoms with Gasteiger partial charge >= 0.3 is 18.9 Å². The topological polar surface area (TPSA) is 57.2 Å². The van der Waals surface area contributed by atoms with E-state index in [0.29, 0.717) is 0 Å². The van der Waals surface area contributed by atoms with Gasteiger partial charge in [0.2, 0.25) is 0 Å². The van der Waals surface area contributed by atoms with Crippen molar-refractivity contribution in [2.45, 2.75) is 24.2 Å². The third-order valence-electron chi connectivity index (χ3n) is 5.27. The minimum Gasteiger partial charge on any atom is -0.744 e. The number of rotatable bonds is 10. The average Bonchev–Trinajstić information content (AvgIpc) is 2.79. The van der Waals surface area contributed by atoms with E-state index < -0.39 is 17.4 Å². The molecule has 0 unspecified atom stereocenters. The first-order valence-electron chi connectivity index (χ1n) is 10.3. The van der Waals surface area contributed by atoms with Crippen LogP contribution in [0.25, 0.3) is 0 Å². The van der Waals surface area contributed by atoms with E-state index in [1.807, 2.05) is 48.5 Å². The maximum atomic E-state index is 11.8. The zero-order valence-corrected chi connectivity index (χ0v) is 20.1. The van der Waals surface area contributed by atoms with E-state index in [0.717, 1.165) is 41.3 Å². The fraction of sp³-hybridized carbons (Fsp3) is 0.154.